The van der Waals surface area contributed by atoms with E-state index in [1.807, 2.05) is 6.92 Å². The van der Waals surface area contributed by atoms with E-state index >= 15 is 0 Å². The molecule has 1 aliphatic carbocycles. The van der Waals surface area contributed by atoms with Crippen LogP contribution in [0.3, 0.4) is 0 Å². The number of hydrogen-bond acceptors (Lipinski definition) is 6. The van der Waals surface area contributed by atoms with E-state index in [0.717, 1.165) is 6.54 Å². The molecule has 23 heavy (non-hydrogen) atoms. The highest BCUT2D eigenvalue weighted by Crippen LogP contribution is 2.27. The van der Waals surface area contributed by atoms with Crippen LogP contribution in [0.15, 0.2) is 32.5 Å². The van der Waals surface area contributed by atoms with E-state index in [1.165, 1.54) is 43.9 Å². The molecule has 124 valence electrons. The number of nitrogens with one attached hydrogen (secondary N) is 1. The first-order valence-corrected chi connectivity index (χ1v) is 8.92. The van der Waals surface area contributed by atoms with E-state index in [-0.39, 0.29) is 11.2 Å². The predicted octanol–water partition coefficient (Wildman–Crippen LogP) is 3.51. The normalized spacial score (nSPS) is 17.1. The number of nitrogens with zero attached hydrogens (tertiary/aromatic N) is 2. The fourth-order valence-corrected chi connectivity index (χ4v) is 3.45. The SMILES string of the molecule is C[C@@H](Sc1nnc(-c2ccco2)o1)C(=O)NCC1CCCCC1. The Morgan fingerprint density at radius 2 is 2.22 bits per heavy atom. The Morgan fingerprint density at radius 1 is 1.39 bits per heavy atom. The number of carbonyl (C=O) groups excluding carboxylic acids is 1. The quantitative estimate of drug-likeness (QED) is 0.814. The molecule has 6 nitrogen and oxygen atoms in total. The van der Waals surface area contributed by atoms with E-state index in [1.54, 1.807) is 18.4 Å². The summed E-state index contributed by atoms with van der Waals surface area (Å²) in [5.41, 5.74) is 0. The lowest BCUT2D eigenvalue weighted by Gasteiger charge is -2.22. The summed E-state index contributed by atoms with van der Waals surface area (Å²) in [5, 5.41) is 11.0. The summed E-state index contributed by atoms with van der Waals surface area (Å²) < 4.78 is 10.7. The molecule has 0 unspecified atom stereocenters. The van der Waals surface area contributed by atoms with Crippen LogP contribution in [0.5, 0.6) is 0 Å². The van der Waals surface area contributed by atoms with E-state index in [2.05, 4.69) is 15.5 Å². The van der Waals surface area contributed by atoms with Crippen molar-refractivity contribution in [3.63, 3.8) is 0 Å². The number of amides is 1. The topological polar surface area (TPSA) is 81.2 Å². The van der Waals surface area contributed by atoms with Gasteiger partial charge in [0.15, 0.2) is 5.76 Å². The highest BCUT2D eigenvalue weighted by atomic mass is 32.2. The molecule has 2 heterocycles. The van der Waals surface area contributed by atoms with Gasteiger partial charge in [0.2, 0.25) is 5.91 Å². The lowest BCUT2D eigenvalue weighted by Crippen LogP contribution is -2.35. The van der Waals surface area contributed by atoms with Crippen LogP contribution in [-0.2, 0) is 4.79 Å². The van der Waals surface area contributed by atoms with Crippen molar-refractivity contribution in [2.45, 2.75) is 49.5 Å². The van der Waals surface area contributed by atoms with Crippen LogP contribution >= 0.6 is 11.8 Å². The van der Waals surface area contributed by atoms with Crippen molar-refractivity contribution in [1.29, 1.82) is 0 Å². The summed E-state index contributed by atoms with van der Waals surface area (Å²) in [6.45, 7) is 2.61. The molecular formula is C16H21N3O3S. The second-order valence-electron chi connectivity index (χ2n) is 5.86. The average molecular weight is 335 g/mol. The minimum atomic E-state index is -0.275. The van der Waals surface area contributed by atoms with E-state index in [9.17, 15) is 4.79 Å². The number of rotatable bonds is 6. The van der Waals surface area contributed by atoms with Gasteiger partial charge in [-0.25, -0.2) is 0 Å². The fraction of sp³-hybridized carbons (Fsp3) is 0.562. The third kappa shape index (κ3) is 4.37. The summed E-state index contributed by atoms with van der Waals surface area (Å²) in [4.78, 5) is 12.2. The molecule has 1 fully saturated rings. The highest BCUT2D eigenvalue weighted by Gasteiger charge is 2.21. The number of furan rings is 1. The molecule has 1 N–H and O–H groups in total. The molecule has 0 aromatic carbocycles. The smallest absolute Gasteiger partial charge is 0.284 e. The maximum atomic E-state index is 12.2. The molecule has 3 rings (SSSR count). The zero-order valence-electron chi connectivity index (χ0n) is 13.2. The fourth-order valence-electron chi connectivity index (χ4n) is 2.74. The van der Waals surface area contributed by atoms with Gasteiger partial charge in [0.25, 0.3) is 11.1 Å². The van der Waals surface area contributed by atoms with Crippen LogP contribution in [0.2, 0.25) is 0 Å². The predicted molar refractivity (Wildman–Crippen MR) is 86.9 cm³/mol. The van der Waals surface area contributed by atoms with Crippen molar-refractivity contribution < 1.29 is 13.6 Å². The first kappa shape index (κ1) is 16.1. The molecular weight excluding hydrogens is 314 g/mol. The third-order valence-electron chi connectivity index (χ3n) is 4.07. The van der Waals surface area contributed by atoms with Gasteiger partial charge in [0.1, 0.15) is 0 Å². The Bertz CT molecular complexity index is 620. The van der Waals surface area contributed by atoms with Crippen LogP contribution in [0.25, 0.3) is 11.7 Å². The average Bonchev–Trinajstić information content (AvgIpc) is 3.24. The molecule has 0 spiro atoms. The molecule has 0 radical (unpaired) electrons. The van der Waals surface area contributed by atoms with Gasteiger partial charge in [-0.05, 0) is 37.8 Å². The van der Waals surface area contributed by atoms with Crippen LogP contribution in [0, 0.1) is 5.92 Å². The van der Waals surface area contributed by atoms with Gasteiger partial charge < -0.3 is 14.2 Å². The Labute approximate surface area is 139 Å². The zero-order valence-corrected chi connectivity index (χ0v) is 14.0. The second-order valence-corrected chi connectivity index (χ2v) is 7.15. The van der Waals surface area contributed by atoms with Gasteiger partial charge in [0.05, 0.1) is 11.5 Å². The summed E-state index contributed by atoms with van der Waals surface area (Å²) in [7, 11) is 0. The molecule has 0 bridgehead atoms. The van der Waals surface area contributed by atoms with Gasteiger partial charge in [-0.2, -0.15) is 0 Å². The Kier molecular flexibility index (Phi) is 5.38. The second kappa shape index (κ2) is 7.68. The van der Waals surface area contributed by atoms with Crippen LogP contribution in [-0.4, -0.2) is 27.9 Å². The highest BCUT2D eigenvalue weighted by molar-refractivity contribution is 8.00. The monoisotopic (exact) mass is 335 g/mol. The van der Waals surface area contributed by atoms with E-state index in [4.69, 9.17) is 8.83 Å². The van der Waals surface area contributed by atoms with Crippen molar-refractivity contribution in [1.82, 2.24) is 15.5 Å². The molecule has 2 aromatic rings. The third-order valence-corrected chi connectivity index (χ3v) is 5.01. The Morgan fingerprint density at radius 3 is 2.96 bits per heavy atom. The summed E-state index contributed by atoms with van der Waals surface area (Å²) >= 11 is 1.26. The molecule has 1 saturated carbocycles. The maximum absolute atomic E-state index is 12.2. The van der Waals surface area contributed by atoms with E-state index in [0.29, 0.717) is 22.8 Å². The Hall–Kier alpha value is -1.76. The lowest BCUT2D eigenvalue weighted by molar-refractivity contribution is -0.120. The Balaban J connectivity index is 1.48. The standard InChI is InChI=1S/C16H21N3O3S/c1-11(14(20)17-10-12-6-3-2-4-7-12)23-16-19-18-15(22-16)13-8-5-9-21-13/h5,8-9,11-12H,2-4,6-7,10H2,1H3,(H,17,20)/t11-/m1/s1. The van der Waals surface area contributed by atoms with E-state index < -0.39 is 0 Å². The van der Waals surface area contributed by atoms with Crippen LogP contribution in [0.1, 0.15) is 39.0 Å². The summed E-state index contributed by atoms with van der Waals surface area (Å²) in [6, 6.07) is 3.51. The molecule has 1 atom stereocenters. The molecule has 0 saturated heterocycles. The van der Waals surface area contributed by atoms with Gasteiger partial charge in [-0.3, -0.25) is 4.79 Å². The van der Waals surface area contributed by atoms with Crippen molar-refractivity contribution in [2.24, 2.45) is 5.92 Å². The van der Waals surface area contributed by atoms with Gasteiger partial charge in [-0.15, -0.1) is 10.2 Å². The van der Waals surface area contributed by atoms with Gasteiger partial charge >= 0.3 is 0 Å². The van der Waals surface area contributed by atoms with Gasteiger partial charge in [-0.1, -0.05) is 31.0 Å². The molecule has 2 aromatic heterocycles. The zero-order chi connectivity index (χ0) is 16.1. The lowest BCUT2D eigenvalue weighted by atomic mass is 9.89. The van der Waals surface area contributed by atoms with Crippen LogP contribution in [0.4, 0.5) is 0 Å². The maximum Gasteiger partial charge on any atom is 0.284 e. The first-order valence-electron chi connectivity index (χ1n) is 8.04. The molecule has 0 aliphatic heterocycles. The van der Waals surface area contributed by atoms with Crippen molar-refractivity contribution >= 4 is 17.7 Å². The minimum Gasteiger partial charge on any atom is -0.459 e. The minimum absolute atomic E-state index is 0.0123. The van der Waals surface area contributed by atoms with Crippen molar-refractivity contribution in [2.75, 3.05) is 6.54 Å². The summed E-state index contributed by atoms with van der Waals surface area (Å²) in [5.74, 6) is 1.49. The van der Waals surface area contributed by atoms with Crippen molar-refractivity contribution in [3.8, 4) is 11.7 Å². The number of thioether (sulfide) groups is 1. The first-order chi connectivity index (χ1) is 11.2. The number of hydrogen-bond donors (Lipinski definition) is 1. The molecule has 1 aliphatic rings. The largest absolute Gasteiger partial charge is 0.459 e. The molecule has 7 heteroatoms. The number of carbonyl (C=O) groups is 1. The van der Waals surface area contributed by atoms with Gasteiger partial charge in [0, 0.05) is 6.54 Å². The summed E-state index contributed by atoms with van der Waals surface area (Å²) in [6.07, 6.45) is 7.88. The van der Waals surface area contributed by atoms with Crippen molar-refractivity contribution in [3.05, 3.63) is 18.4 Å². The number of aromatic nitrogens is 2. The van der Waals surface area contributed by atoms with Crippen LogP contribution < -0.4 is 5.32 Å². The molecule has 1 amide bonds.